The number of aromatic amines is 1. The van der Waals surface area contributed by atoms with Crippen molar-refractivity contribution in [3.05, 3.63) is 39.1 Å². The standard InChI is InChI=1S/C14H12ClF3N2O/c1-7-5-20(6-14(16,17)18)10-3-2-9-13(12(7)10)8(15)4-11(21)19-9/h2-4,7H,5-6H2,1H3,(H,19,21). The number of pyridine rings is 1. The maximum absolute atomic E-state index is 12.7. The Morgan fingerprint density at radius 3 is 2.81 bits per heavy atom. The molecule has 2 heterocycles. The number of anilines is 1. The van der Waals surface area contributed by atoms with Crippen molar-refractivity contribution < 1.29 is 13.2 Å². The van der Waals surface area contributed by atoms with Crippen LogP contribution in [-0.4, -0.2) is 24.2 Å². The molecule has 2 aromatic rings. The number of halogens is 4. The second-order valence-corrected chi connectivity index (χ2v) is 5.71. The molecule has 1 aliphatic heterocycles. The highest BCUT2D eigenvalue weighted by Gasteiger charge is 2.36. The van der Waals surface area contributed by atoms with Crippen LogP contribution in [0.25, 0.3) is 10.9 Å². The van der Waals surface area contributed by atoms with Crippen LogP contribution in [0.1, 0.15) is 18.4 Å². The number of fused-ring (bicyclic) bond motifs is 3. The Morgan fingerprint density at radius 2 is 2.14 bits per heavy atom. The van der Waals surface area contributed by atoms with Gasteiger partial charge in [-0.1, -0.05) is 18.5 Å². The lowest BCUT2D eigenvalue weighted by atomic mass is 9.98. The zero-order valence-electron chi connectivity index (χ0n) is 11.1. The van der Waals surface area contributed by atoms with Crippen LogP contribution in [-0.2, 0) is 0 Å². The molecule has 1 N–H and O–H groups in total. The van der Waals surface area contributed by atoms with Gasteiger partial charge in [-0.25, -0.2) is 0 Å². The predicted octanol–water partition coefficient (Wildman–Crippen LogP) is 3.67. The SMILES string of the molecule is CC1CN(CC(F)(F)F)c2ccc3[nH]c(=O)cc(Cl)c3c21. The summed E-state index contributed by atoms with van der Waals surface area (Å²) in [5, 5.41) is 0.900. The largest absolute Gasteiger partial charge is 0.405 e. The number of H-pyrrole nitrogens is 1. The number of hydrogen-bond acceptors (Lipinski definition) is 2. The number of hydrogen-bond donors (Lipinski definition) is 1. The van der Waals surface area contributed by atoms with Gasteiger partial charge in [-0.3, -0.25) is 4.79 Å². The zero-order chi connectivity index (χ0) is 15.4. The van der Waals surface area contributed by atoms with Crippen molar-refractivity contribution in [2.24, 2.45) is 0 Å². The smallest absolute Gasteiger partial charge is 0.362 e. The number of aromatic nitrogens is 1. The summed E-state index contributed by atoms with van der Waals surface area (Å²) in [6, 6.07) is 4.46. The third-order valence-corrected chi connectivity index (χ3v) is 3.97. The van der Waals surface area contributed by atoms with Gasteiger partial charge in [0, 0.05) is 29.6 Å². The Morgan fingerprint density at radius 1 is 1.43 bits per heavy atom. The number of benzene rings is 1. The third kappa shape index (κ3) is 2.48. The van der Waals surface area contributed by atoms with E-state index in [-0.39, 0.29) is 23.0 Å². The molecule has 21 heavy (non-hydrogen) atoms. The number of nitrogens with zero attached hydrogens (tertiary/aromatic N) is 1. The van der Waals surface area contributed by atoms with Crippen LogP contribution in [0.4, 0.5) is 18.9 Å². The second-order valence-electron chi connectivity index (χ2n) is 5.30. The summed E-state index contributed by atoms with van der Waals surface area (Å²) < 4.78 is 38.0. The van der Waals surface area contributed by atoms with E-state index in [0.29, 0.717) is 16.6 Å². The normalized spacial score (nSPS) is 18.3. The van der Waals surface area contributed by atoms with Crippen molar-refractivity contribution in [1.29, 1.82) is 0 Å². The highest BCUT2D eigenvalue weighted by atomic mass is 35.5. The summed E-state index contributed by atoms with van der Waals surface area (Å²) in [7, 11) is 0. The van der Waals surface area contributed by atoms with Crippen LogP contribution in [0, 0.1) is 0 Å². The van der Waals surface area contributed by atoms with E-state index in [1.54, 1.807) is 12.1 Å². The molecule has 0 aliphatic carbocycles. The number of alkyl halides is 3. The molecular weight excluding hydrogens is 305 g/mol. The molecule has 1 aromatic heterocycles. The fraction of sp³-hybridized carbons (Fsp3) is 0.357. The maximum Gasteiger partial charge on any atom is 0.405 e. The van der Waals surface area contributed by atoms with Gasteiger partial charge in [0.05, 0.1) is 10.5 Å². The van der Waals surface area contributed by atoms with Gasteiger partial charge in [-0.15, -0.1) is 0 Å². The molecule has 0 amide bonds. The first-order chi connectivity index (χ1) is 9.76. The van der Waals surface area contributed by atoms with Crippen molar-refractivity contribution in [3.63, 3.8) is 0 Å². The van der Waals surface area contributed by atoms with Crippen molar-refractivity contribution in [2.45, 2.75) is 19.0 Å². The lowest BCUT2D eigenvalue weighted by Gasteiger charge is -2.21. The van der Waals surface area contributed by atoms with Crippen LogP contribution in [0.3, 0.4) is 0 Å². The van der Waals surface area contributed by atoms with Crippen molar-refractivity contribution >= 4 is 28.2 Å². The van der Waals surface area contributed by atoms with E-state index in [1.807, 2.05) is 6.92 Å². The van der Waals surface area contributed by atoms with Crippen LogP contribution >= 0.6 is 11.6 Å². The monoisotopic (exact) mass is 316 g/mol. The molecule has 0 saturated heterocycles. The lowest BCUT2D eigenvalue weighted by molar-refractivity contribution is -0.119. The van der Waals surface area contributed by atoms with Gasteiger partial charge in [0.2, 0.25) is 5.56 Å². The van der Waals surface area contributed by atoms with Crippen molar-refractivity contribution in [3.8, 4) is 0 Å². The fourth-order valence-corrected chi connectivity index (χ4v) is 3.29. The summed E-state index contributed by atoms with van der Waals surface area (Å²) in [5.41, 5.74) is 1.51. The van der Waals surface area contributed by atoms with Crippen LogP contribution in [0.2, 0.25) is 5.02 Å². The minimum absolute atomic E-state index is 0.0885. The van der Waals surface area contributed by atoms with E-state index >= 15 is 0 Å². The first-order valence-electron chi connectivity index (χ1n) is 6.43. The summed E-state index contributed by atoms with van der Waals surface area (Å²) in [6.45, 7) is 1.15. The van der Waals surface area contributed by atoms with Crippen molar-refractivity contribution in [1.82, 2.24) is 4.98 Å². The zero-order valence-corrected chi connectivity index (χ0v) is 11.8. The molecule has 0 bridgehead atoms. The quantitative estimate of drug-likeness (QED) is 0.871. The Balaban J connectivity index is 2.20. The van der Waals surface area contributed by atoms with Gasteiger partial charge in [-0.2, -0.15) is 13.2 Å². The summed E-state index contributed by atoms with van der Waals surface area (Å²) in [4.78, 5) is 15.4. The molecule has 3 nitrogen and oxygen atoms in total. The fourth-order valence-electron chi connectivity index (χ4n) is 2.99. The number of nitrogens with one attached hydrogen (secondary N) is 1. The lowest BCUT2D eigenvalue weighted by Crippen LogP contribution is -2.33. The van der Waals surface area contributed by atoms with Crippen molar-refractivity contribution in [2.75, 3.05) is 18.0 Å². The molecule has 112 valence electrons. The Kier molecular flexibility index (Phi) is 3.16. The molecule has 0 fully saturated rings. The van der Waals surface area contributed by atoms with E-state index in [2.05, 4.69) is 4.98 Å². The Bertz CT molecular complexity index is 769. The highest BCUT2D eigenvalue weighted by molar-refractivity contribution is 6.35. The molecule has 1 unspecified atom stereocenters. The highest BCUT2D eigenvalue weighted by Crippen LogP contribution is 2.43. The maximum atomic E-state index is 12.7. The van der Waals surface area contributed by atoms with E-state index in [0.717, 1.165) is 5.56 Å². The Labute approximate surface area is 123 Å². The van der Waals surface area contributed by atoms with Gasteiger partial charge >= 0.3 is 6.18 Å². The molecule has 7 heteroatoms. The van der Waals surface area contributed by atoms with E-state index < -0.39 is 12.7 Å². The minimum Gasteiger partial charge on any atom is -0.362 e. The average molecular weight is 317 g/mol. The molecule has 0 spiro atoms. The van der Waals surface area contributed by atoms with Crippen LogP contribution < -0.4 is 10.5 Å². The topological polar surface area (TPSA) is 36.1 Å². The molecular formula is C14H12ClF3N2O. The van der Waals surface area contributed by atoms with E-state index in [4.69, 9.17) is 11.6 Å². The minimum atomic E-state index is -4.26. The summed E-state index contributed by atoms with van der Waals surface area (Å²) >= 11 is 6.13. The first kappa shape index (κ1) is 14.3. The second kappa shape index (κ2) is 4.66. The Hall–Kier alpha value is -1.69. The van der Waals surface area contributed by atoms with Gasteiger partial charge in [0.25, 0.3) is 0 Å². The molecule has 1 aliphatic rings. The van der Waals surface area contributed by atoms with E-state index in [1.165, 1.54) is 11.0 Å². The van der Waals surface area contributed by atoms with Gasteiger partial charge < -0.3 is 9.88 Å². The third-order valence-electron chi connectivity index (χ3n) is 3.67. The number of rotatable bonds is 1. The predicted molar refractivity (Wildman–Crippen MR) is 76.3 cm³/mol. The summed E-state index contributed by atoms with van der Waals surface area (Å²) in [6.07, 6.45) is -4.26. The average Bonchev–Trinajstić information content (AvgIpc) is 2.63. The van der Waals surface area contributed by atoms with Gasteiger partial charge in [0.1, 0.15) is 6.54 Å². The van der Waals surface area contributed by atoms with Gasteiger partial charge in [0.15, 0.2) is 0 Å². The molecule has 0 radical (unpaired) electrons. The first-order valence-corrected chi connectivity index (χ1v) is 6.81. The molecule has 1 atom stereocenters. The molecule has 3 rings (SSSR count). The van der Waals surface area contributed by atoms with Crippen LogP contribution in [0.15, 0.2) is 23.0 Å². The molecule has 0 saturated carbocycles. The van der Waals surface area contributed by atoms with Gasteiger partial charge in [-0.05, 0) is 17.7 Å². The van der Waals surface area contributed by atoms with E-state index in [9.17, 15) is 18.0 Å². The van der Waals surface area contributed by atoms with Crippen LogP contribution in [0.5, 0.6) is 0 Å². The summed E-state index contributed by atoms with van der Waals surface area (Å²) in [5.74, 6) is -0.0885. The molecule has 1 aromatic carbocycles.